The predicted octanol–water partition coefficient (Wildman–Crippen LogP) is 3.15. The number of esters is 1. The van der Waals surface area contributed by atoms with Crippen molar-refractivity contribution in [3.63, 3.8) is 0 Å². The molecule has 0 saturated carbocycles. The third kappa shape index (κ3) is 4.95. The van der Waals surface area contributed by atoms with Crippen LogP contribution in [-0.2, 0) is 9.53 Å². The third-order valence-corrected chi connectivity index (χ3v) is 4.04. The number of nitrogens with one attached hydrogen (secondary N) is 2. The number of carbonyl (C=O) groups excluding carboxylic acids is 3. The van der Waals surface area contributed by atoms with E-state index in [-0.39, 0.29) is 22.2 Å². The fourth-order valence-electron chi connectivity index (χ4n) is 1.91. The van der Waals surface area contributed by atoms with Crippen molar-refractivity contribution < 1.29 is 19.1 Å². The molecule has 0 fully saturated rings. The highest BCUT2D eigenvalue weighted by atomic mass is 35.5. The van der Waals surface area contributed by atoms with Gasteiger partial charge in [0.25, 0.3) is 11.8 Å². The normalized spacial score (nSPS) is 10.0. The van der Waals surface area contributed by atoms with Gasteiger partial charge < -0.3 is 15.4 Å². The second-order valence-corrected chi connectivity index (χ2v) is 5.68. The van der Waals surface area contributed by atoms with E-state index in [0.717, 1.165) is 0 Å². The Hall–Kier alpha value is -2.57. The topological polar surface area (TPSA) is 84.5 Å². The maximum Gasteiger partial charge on any atom is 0.325 e. The zero-order chi connectivity index (χ0) is 18.4. The number of carbonyl (C=O) groups is 3. The standard InChI is InChI=1S/C17H14Cl2N2O4/c1-25-14(22)9-20-16(23)10-5-7-11(8-6-10)21-17(24)12-3-2-4-13(18)15(12)19/h2-8H,9H2,1H3,(H,20,23)(H,21,24). The smallest absolute Gasteiger partial charge is 0.325 e. The van der Waals surface area contributed by atoms with Gasteiger partial charge in [-0.2, -0.15) is 0 Å². The highest BCUT2D eigenvalue weighted by molar-refractivity contribution is 6.44. The van der Waals surface area contributed by atoms with Crippen molar-refractivity contribution in [1.82, 2.24) is 5.32 Å². The Kier molecular flexibility index (Phi) is 6.38. The zero-order valence-electron chi connectivity index (χ0n) is 13.1. The van der Waals surface area contributed by atoms with Crippen molar-refractivity contribution in [1.29, 1.82) is 0 Å². The van der Waals surface area contributed by atoms with Crippen molar-refractivity contribution in [3.05, 3.63) is 63.6 Å². The number of hydrogen-bond acceptors (Lipinski definition) is 4. The summed E-state index contributed by atoms with van der Waals surface area (Å²) in [4.78, 5) is 35.1. The Morgan fingerprint density at radius 2 is 1.68 bits per heavy atom. The molecular weight excluding hydrogens is 367 g/mol. The van der Waals surface area contributed by atoms with E-state index in [9.17, 15) is 14.4 Å². The van der Waals surface area contributed by atoms with Crippen LogP contribution in [0.1, 0.15) is 20.7 Å². The predicted molar refractivity (Wildman–Crippen MR) is 95.2 cm³/mol. The summed E-state index contributed by atoms with van der Waals surface area (Å²) in [5.74, 6) is -1.40. The molecule has 2 aromatic carbocycles. The lowest BCUT2D eigenvalue weighted by Crippen LogP contribution is -2.30. The maximum atomic E-state index is 12.2. The highest BCUT2D eigenvalue weighted by Crippen LogP contribution is 2.26. The first kappa shape index (κ1) is 18.8. The van der Waals surface area contributed by atoms with Gasteiger partial charge in [0.15, 0.2) is 0 Å². The monoisotopic (exact) mass is 380 g/mol. The summed E-state index contributed by atoms with van der Waals surface area (Å²) >= 11 is 11.9. The number of rotatable bonds is 5. The Balaban J connectivity index is 2.02. The van der Waals surface area contributed by atoms with Gasteiger partial charge in [-0.05, 0) is 36.4 Å². The second-order valence-electron chi connectivity index (χ2n) is 4.89. The number of hydrogen-bond donors (Lipinski definition) is 2. The molecule has 0 aliphatic rings. The van der Waals surface area contributed by atoms with Crippen molar-refractivity contribution in [2.45, 2.75) is 0 Å². The van der Waals surface area contributed by atoms with E-state index in [4.69, 9.17) is 23.2 Å². The van der Waals surface area contributed by atoms with Crippen LogP contribution in [0.5, 0.6) is 0 Å². The van der Waals surface area contributed by atoms with Crippen molar-refractivity contribution in [3.8, 4) is 0 Å². The molecular formula is C17H14Cl2N2O4. The minimum absolute atomic E-state index is 0.167. The largest absolute Gasteiger partial charge is 0.468 e. The summed E-state index contributed by atoms with van der Waals surface area (Å²) in [5, 5.41) is 5.53. The Labute approximate surface area is 154 Å². The lowest BCUT2D eigenvalue weighted by Gasteiger charge is -2.09. The summed E-state index contributed by atoms with van der Waals surface area (Å²) in [6.07, 6.45) is 0. The van der Waals surface area contributed by atoms with Crippen LogP contribution in [0.15, 0.2) is 42.5 Å². The Morgan fingerprint density at radius 3 is 2.32 bits per heavy atom. The SMILES string of the molecule is COC(=O)CNC(=O)c1ccc(NC(=O)c2cccc(Cl)c2Cl)cc1. The minimum Gasteiger partial charge on any atom is -0.468 e. The summed E-state index contributed by atoms with van der Waals surface area (Å²) in [5.41, 5.74) is 1.06. The van der Waals surface area contributed by atoms with Crippen LogP contribution >= 0.6 is 23.2 Å². The average molecular weight is 381 g/mol. The fraction of sp³-hybridized carbons (Fsp3) is 0.118. The molecule has 0 aliphatic carbocycles. The molecule has 2 rings (SSSR count). The number of halogens is 2. The molecule has 8 heteroatoms. The van der Waals surface area contributed by atoms with Crippen LogP contribution in [-0.4, -0.2) is 31.4 Å². The first-order valence-electron chi connectivity index (χ1n) is 7.13. The fourth-order valence-corrected chi connectivity index (χ4v) is 2.30. The van der Waals surface area contributed by atoms with Gasteiger partial charge in [0, 0.05) is 11.3 Å². The molecule has 0 radical (unpaired) electrons. The van der Waals surface area contributed by atoms with Gasteiger partial charge in [-0.25, -0.2) is 0 Å². The van der Waals surface area contributed by atoms with Gasteiger partial charge in [-0.3, -0.25) is 14.4 Å². The van der Waals surface area contributed by atoms with Gasteiger partial charge >= 0.3 is 5.97 Å². The van der Waals surface area contributed by atoms with E-state index in [1.165, 1.54) is 19.2 Å². The first-order valence-corrected chi connectivity index (χ1v) is 7.88. The lowest BCUT2D eigenvalue weighted by atomic mass is 10.1. The van der Waals surface area contributed by atoms with Crippen LogP contribution in [0, 0.1) is 0 Å². The zero-order valence-corrected chi connectivity index (χ0v) is 14.6. The molecule has 2 N–H and O–H groups in total. The molecule has 2 amide bonds. The van der Waals surface area contributed by atoms with Crippen LogP contribution in [0.25, 0.3) is 0 Å². The van der Waals surface area contributed by atoms with Crippen molar-refractivity contribution >= 4 is 46.7 Å². The van der Waals surface area contributed by atoms with E-state index in [0.29, 0.717) is 11.3 Å². The number of ether oxygens (including phenoxy) is 1. The minimum atomic E-state index is -0.546. The quantitative estimate of drug-likeness (QED) is 0.780. The number of anilines is 1. The van der Waals surface area contributed by atoms with Crippen LogP contribution in [0.4, 0.5) is 5.69 Å². The van der Waals surface area contributed by atoms with Crippen molar-refractivity contribution in [2.75, 3.05) is 19.0 Å². The molecule has 130 valence electrons. The summed E-state index contributed by atoms with van der Waals surface area (Å²) in [6.45, 7) is -0.221. The van der Waals surface area contributed by atoms with Gasteiger partial charge in [0.05, 0.1) is 22.7 Å². The molecule has 25 heavy (non-hydrogen) atoms. The van der Waals surface area contributed by atoms with Crippen LogP contribution < -0.4 is 10.6 Å². The molecule has 0 saturated heterocycles. The summed E-state index contributed by atoms with van der Waals surface area (Å²) in [6, 6.07) is 10.9. The highest BCUT2D eigenvalue weighted by Gasteiger charge is 2.13. The third-order valence-electron chi connectivity index (χ3n) is 3.22. The molecule has 0 heterocycles. The molecule has 0 aromatic heterocycles. The van der Waals surface area contributed by atoms with Gasteiger partial charge in [0.1, 0.15) is 6.54 Å². The van der Waals surface area contributed by atoms with Crippen LogP contribution in [0.2, 0.25) is 10.0 Å². The second kappa shape index (κ2) is 8.50. The molecule has 2 aromatic rings. The molecule has 0 spiro atoms. The van der Waals surface area contributed by atoms with Crippen LogP contribution in [0.3, 0.4) is 0 Å². The molecule has 0 atom stereocenters. The van der Waals surface area contributed by atoms with E-state index >= 15 is 0 Å². The van der Waals surface area contributed by atoms with E-state index < -0.39 is 17.8 Å². The van der Waals surface area contributed by atoms with E-state index in [1.54, 1.807) is 30.3 Å². The molecule has 6 nitrogen and oxygen atoms in total. The van der Waals surface area contributed by atoms with E-state index in [2.05, 4.69) is 15.4 Å². The summed E-state index contributed by atoms with van der Waals surface area (Å²) < 4.78 is 4.44. The van der Waals surface area contributed by atoms with Crippen molar-refractivity contribution in [2.24, 2.45) is 0 Å². The Morgan fingerprint density at radius 1 is 1.00 bits per heavy atom. The number of benzene rings is 2. The van der Waals surface area contributed by atoms with Gasteiger partial charge in [0.2, 0.25) is 0 Å². The maximum absolute atomic E-state index is 12.2. The van der Waals surface area contributed by atoms with E-state index in [1.807, 2.05) is 0 Å². The molecule has 0 aliphatic heterocycles. The number of methoxy groups -OCH3 is 1. The first-order chi connectivity index (χ1) is 11.9. The van der Waals surface area contributed by atoms with Gasteiger partial charge in [-0.15, -0.1) is 0 Å². The molecule has 0 unspecified atom stereocenters. The lowest BCUT2D eigenvalue weighted by molar-refractivity contribution is -0.139. The molecule has 0 bridgehead atoms. The Bertz CT molecular complexity index is 807. The average Bonchev–Trinajstić information content (AvgIpc) is 2.62. The summed E-state index contributed by atoms with van der Waals surface area (Å²) in [7, 11) is 1.23. The van der Waals surface area contributed by atoms with Gasteiger partial charge in [-0.1, -0.05) is 29.3 Å². The number of amides is 2.